The van der Waals surface area contributed by atoms with Gasteiger partial charge in [-0.15, -0.1) is 0 Å². The molecule has 1 N–H and O–H groups in total. The minimum atomic E-state index is -0.332. The lowest BCUT2D eigenvalue weighted by molar-refractivity contribution is -0.133. The Morgan fingerprint density at radius 2 is 2.20 bits per heavy atom. The number of aryl methyl sites for hydroxylation is 1. The summed E-state index contributed by atoms with van der Waals surface area (Å²) in [6.45, 7) is 8.96. The lowest BCUT2D eigenvalue weighted by atomic mass is 9.82. The van der Waals surface area contributed by atoms with E-state index >= 15 is 0 Å². The zero-order chi connectivity index (χ0) is 21.5. The molecule has 30 heavy (non-hydrogen) atoms. The highest BCUT2D eigenvalue weighted by Gasteiger charge is 2.32. The van der Waals surface area contributed by atoms with Crippen LogP contribution in [0.5, 0.6) is 0 Å². The summed E-state index contributed by atoms with van der Waals surface area (Å²) in [5, 5.41) is 8.55. The molecule has 2 aliphatic heterocycles. The number of piperidine rings is 1. The Balaban J connectivity index is 1.48. The van der Waals surface area contributed by atoms with Gasteiger partial charge in [0.05, 0.1) is 24.5 Å². The van der Waals surface area contributed by atoms with Gasteiger partial charge in [0.1, 0.15) is 5.82 Å². The summed E-state index contributed by atoms with van der Waals surface area (Å²) in [6, 6.07) is 4.72. The molecule has 1 saturated heterocycles. The molecule has 5 nitrogen and oxygen atoms in total. The maximum atomic E-state index is 14.3. The molecule has 0 bridgehead atoms. The van der Waals surface area contributed by atoms with Crippen molar-refractivity contribution in [1.82, 2.24) is 20.0 Å². The van der Waals surface area contributed by atoms with Crippen molar-refractivity contribution in [3.8, 4) is 0 Å². The van der Waals surface area contributed by atoms with Gasteiger partial charge in [-0.25, -0.2) is 4.39 Å². The van der Waals surface area contributed by atoms with Gasteiger partial charge in [-0.1, -0.05) is 17.7 Å². The van der Waals surface area contributed by atoms with E-state index in [1.807, 2.05) is 16.5 Å². The van der Waals surface area contributed by atoms with Crippen LogP contribution in [0.15, 0.2) is 18.2 Å². The van der Waals surface area contributed by atoms with Gasteiger partial charge in [-0.3, -0.25) is 9.48 Å². The van der Waals surface area contributed by atoms with Crippen LogP contribution in [0.1, 0.15) is 55.6 Å². The van der Waals surface area contributed by atoms with Crippen molar-refractivity contribution in [1.29, 1.82) is 0 Å². The van der Waals surface area contributed by atoms with E-state index in [1.54, 1.807) is 12.1 Å². The van der Waals surface area contributed by atoms with E-state index in [0.717, 1.165) is 43.7 Å². The summed E-state index contributed by atoms with van der Waals surface area (Å²) in [5.74, 6) is 0.304. The molecule has 7 heteroatoms. The molecule has 0 saturated carbocycles. The Morgan fingerprint density at radius 1 is 1.40 bits per heavy atom. The van der Waals surface area contributed by atoms with Gasteiger partial charge in [0, 0.05) is 29.1 Å². The minimum absolute atomic E-state index is 0.0939. The number of nitrogens with one attached hydrogen (secondary N) is 1. The maximum absolute atomic E-state index is 14.3. The normalized spacial score (nSPS) is 20.8. The zero-order valence-electron chi connectivity index (χ0n) is 18.0. The van der Waals surface area contributed by atoms with Crippen LogP contribution in [0.25, 0.3) is 0 Å². The number of nitrogens with zero attached hydrogens (tertiary/aromatic N) is 3. The Labute approximate surface area is 182 Å². The molecule has 2 aromatic rings. The second kappa shape index (κ2) is 8.31. The number of amides is 1. The molecule has 1 unspecified atom stereocenters. The van der Waals surface area contributed by atoms with Gasteiger partial charge in [0.2, 0.25) is 5.91 Å². The third-order valence-electron chi connectivity index (χ3n) is 6.45. The lowest BCUT2D eigenvalue weighted by Crippen LogP contribution is -2.47. The number of hydrogen-bond acceptors (Lipinski definition) is 3. The Hall–Kier alpha value is -1.92. The lowest BCUT2D eigenvalue weighted by Gasteiger charge is -2.37. The monoisotopic (exact) mass is 432 g/mol. The fourth-order valence-corrected chi connectivity index (χ4v) is 5.05. The molecule has 1 aromatic heterocycles. The van der Waals surface area contributed by atoms with Gasteiger partial charge in [-0.05, 0) is 70.2 Å². The molecule has 1 fully saturated rings. The molecule has 2 aliphatic rings. The topological polar surface area (TPSA) is 50.2 Å². The van der Waals surface area contributed by atoms with Gasteiger partial charge in [-0.2, -0.15) is 5.10 Å². The Kier molecular flexibility index (Phi) is 5.90. The number of fused-ring (bicyclic) bond motifs is 1. The number of benzene rings is 1. The Bertz CT molecular complexity index is 955. The maximum Gasteiger partial charge on any atom is 0.223 e. The molecular formula is C23H30ClFN4O. The second-order valence-corrected chi connectivity index (χ2v) is 9.78. The first-order chi connectivity index (χ1) is 14.2. The first kappa shape index (κ1) is 21.3. The van der Waals surface area contributed by atoms with Crippen LogP contribution < -0.4 is 5.32 Å². The average molecular weight is 433 g/mol. The molecular weight excluding hydrogens is 403 g/mol. The van der Waals surface area contributed by atoms with Crippen molar-refractivity contribution in [3.05, 3.63) is 51.6 Å². The summed E-state index contributed by atoms with van der Waals surface area (Å²) in [6.07, 6.45) is 3.46. The van der Waals surface area contributed by atoms with Crippen LogP contribution in [0.4, 0.5) is 4.39 Å². The number of rotatable bonds is 4. The number of carbonyl (C=O) groups excluding carboxylic acids is 1. The number of carbonyl (C=O) groups is 1. The smallest absolute Gasteiger partial charge is 0.223 e. The van der Waals surface area contributed by atoms with Gasteiger partial charge >= 0.3 is 0 Å². The molecule has 1 aromatic carbocycles. The third-order valence-corrected chi connectivity index (χ3v) is 6.68. The van der Waals surface area contributed by atoms with Crippen LogP contribution in [-0.2, 0) is 24.3 Å². The zero-order valence-corrected chi connectivity index (χ0v) is 18.7. The fraction of sp³-hybridized carbons (Fsp3) is 0.565. The Morgan fingerprint density at radius 3 is 2.93 bits per heavy atom. The van der Waals surface area contributed by atoms with Crippen LogP contribution >= 0.6 is 11.6 Å². The summed E-state index contributed by atoms with van der Waals surface area (Å²) < 4.78 is 16.2. The third kappa shape index (κ3) is 4.54. The summed E-state index contributed by atoms with van der Waals surface area (Å²) >= 11 is 5.88. The van der Waals surface area contributed by atoms with Gasteiger partial charge in [0.25, 0.3) is 0 Å². The largest absolute Gasteiger partial charge is 0.336 e. The van der Waals surface area contributed by atoms with Gasteiger partial charge < -0.3 is 10.2 Å². The quantitative estimate of drug-likeness (QED) is 0.791. The number of halogens is 2. The highest BCUT2D eigenvalue weighted by Crippen LogP contribution is 2.29. The van der Waals surface area contributed by atoms with Crippen LogP contribution in [0.3, 0.4) is 0 Å². The van der Waals surface area contributed by atoms with Crippen molar-refractivity contribution < 1.29 is 9.18 Å². The second-order valence-electron chi connectivity index (χ2n) is 9.34. The molecule has 0 radical (unpaired) electrons. The van der Waals surface area contributed by atoms with Crippen molar-refractivity contribution in [3.63, 3.8) is 0 Å². The molecule has 0 spiro atoms. The van der Waals surface area contributed by atoms with Crippen molar-refractivity contribution >= 4 is 17.5 Å². The van der Waals surface area contributed by atoms with E-state index in [-0.39, 0.29) is 17.3 Å². The SMILES string of the molecule is Cc1nn(Cc2ccc(Cl)cc2F)c2c1CCN(C(=O)CC1CCNC(C)(C)C1)C2. The van der Waals surface area contributed by atoms with Gasteiger partial charge in [0.15, 0.2) is 0 Å². The standard InChI is InChI=1S/C23H30ClFN4O/c1-15-19-7-9-28(22(30)10-16-6-8-26-23(2,3)12-16)14-21(19)29(27-15)13-17-4-5-18(24)11-20(17)25/h4-5,11,16,26H,6-10,12-14H2,1-3H3. The first-order valence-electron chi connectivity index (χ1n) is 10.7. The summed E-state index contributed by atoms with van der Waals surface area (Å²) in [5.41, 5.74) is 3.82. The van der Waals surface area contributed by atoms with E-state index in [1.165, 1.54) is 11.6 Å². The average Bonchev–Trinajstić information content (AvgIpc) is 2.98. The predicted octanol–water partition coefficient (Wildman–Crippen LogP) is 4.09. The molecule has 162 valence electrons. The van der Waals surface area contributed by atoms with Crippen LogP contribution in [0, 0.1) is 18.7 Å². The van der Waals surface area contributed by atoms with E-state index in [0.29, 0.717) is 36.0 Å². The first-order valence-corrected chi connectivity index (χ1v) is 11.1. The summed E-state index contributed by atoms with van der Waals surface area (Å²) in [7, 11) is 0. The highest BCUT2D eigenvalue weighted by molar-refractivity contribution is 6.30. The van der Waals surface area contributed by atoms with E-state index < -0.39 is 0 Å². The van der Waals surface area contributed by atoms with Crippen molar-refractivity contribution in [2.24, 2.45) is 5.92 Å². The number of hydrogen-bond donors (Lipinski definition) is 1. The number of aromatic nitrogens is 2. The predicted molar refractivity (Wildman–Crippen MR) is 116 cm³/mol. The van der Waals surface area contributed by atoms with Crippen LogP contribution in [-0.4, -0.2) is 39.2 Å². The summed E-state index contributed by atoms with van der Waals surface area (Å²) in [4.78, 5) is 15.0. The van der Waals surface area contributed by atoms with Crippen molar-refractivity contribution in [2.75, 3.05) is 13.1 Å². The van der Waals surface area contributed by atoms with E-state index in [4.69, 9.17) is 11.6 Å². The van der Waals surface area contributed by atoms with Crippen molar-refractivity contribution in [2.45, 2.75) is 65.1 Å². The molecule has 3 heterocycles. The molecule has 1 atom stereocenters. The fourth-order valence-electron chi connectivity index (χ4n) is 4.89. The van der Waals surface area contributed by atoms with E-state index in [2.05, 4.69) is 24.3 Å². The van der Waals surface area contributed by atoms with E-state index in [9.17, 15) is 9.18 Å². The minimum Gasteiger partial charge on any atom is -0.336 e. The molecule has 4 rings (SSSR count). The highest BCUT2D eigenvalue weighted by atomic mass is 35.5. The molecule has 0 aliphatic carbocycles. The van der Waals surface area contributed by atoms with Crippen LogP contribution in [0.2, 0.25) is 5.02 Å². The molecule has 1 amide bonds.